The molecule has 0 radical (unpaired) electrons. The van der Waals surface area contributed by atoms with Gasteiger partial charge in [0.15, 0.2) is 0 Å². The predicted octanol–water partition coefficient (Wildman–Crippen LogP) is 3.03. The fourth-order valence-electron chi connectivity index (χ4n) is 3.27. The Morgan fingerprint density at radius 2 is 2.00 bits per heavy atom. The molecule has 1 fully saturated rings. The summed E-state index contributed by atoms with van der Waals surface area (Å²) in [5.41, 5.74) is 0.282. The Labute approximate surface area is 114 Å². The molecule has 0 aliphatic carbocycles. The third-order valence-corrected chi connectivity index (χ3v) is 4.71. The van der Waals surface area contributed by atoms with Crippen LogP contribution in [0.2, 0.25) is 0 Å². The van der Waals surface area contributed by atoms with E-state index in [4.69, 9.17) is 6.42 Å². The zero-order chi connectivity index (χ0) is 13.4. The van der Waals surface area contributed by atoms with E-state index in [0.29, 0.717) is 6.04 Å². The Bertz CT molecular complexity index is 263. The maximum atomic E-state index is 5.36. The second kappa shape index (κ2) is 7.81. The second-order valence-electron chi connectivity index (χ2n) is 5.70. The summed E-state index contributed by atoms with van der Waals surface area (Å²) in [5, 5.41) is 3.54. The number of likely N-dealkylation sites (tertiary alicyclic amines) is 1. The van der Waals surface area contributed by atoms with Crippen LogP contribution in [0.25, 0.3) is 0 Å². The van der Waals surface area contributed by atoms with Crippen molar-refractivity contribution in [1.82, 2.24) is 10.2 Å². The van der Waals surface area contributed by atoms with Crippen molar-refractivity contribution in [3.05, 3.63) is 0 Å². The first-order valence-electron chi connectivity index (χ1n) is 7.54. The lowest BCUT2D eigenvalue weighted by atomic mass is 9.83. The van der Waals surface area contributed by atoms with Crippen LogP contribution in [0.15, 0.2) is 0 Å². The summed E-state index contributed by atoms with van der Waals surface area (Å²) in [7, 11) is 2.10. The highest BCUT2D eigenvalue weighted by atomic mass is 15.2. The van der Waals surface area contributed by atoms with Crippen molar-refractivity contribution < 1.29 is 0 Å². The lowest BCUT2D eigenvalue weighted by Gasteiger charge is -2.48. The van der Waals surface area contributed by atoms with E-state index in [1.54, 1.807) is 0 Å². The van der Waals surface area contributed by atoms with Crippen LogP contribution in [-0.4, -0.2) is 36.6 Å². The number of piperidine rings is 1. The van der Waals surface area contributed by atoms with Crippen LogP contribution in [0, 0.1) is 12.3 Å². The molecule has 2 atom stereocenters. The van der Waals surface area contributed by atoms with Crippen molar-refractivity contribution in [3.8, 4) is 12.3 Å². The van der Waals surface area contributed by atoms with Crippen LogP contribution in [0.4, 0.5) is 0 Å². The lowest BCUT2D eigenvalue weighted by Crippen LogP contribution is -2.59. The summed E-state index contributed by atoms with van der Waals surface area (Å²) >= 11 is 0. The van der Waals surface area contributed by atoms with Gasteiger partial charge >= 0.3 is 0 Å². The van der Waals surface area contributed by atoms with E-state index < -0.39 is 0 Å². The number of rotatable bonds is 7. The molecule has 0 aromatic heterocycles. The fraction of sp³-hybridized carbons (Fsp3) is 0.875. The van der Waals surface area contributed by atoms with Gasteiger partial charge in [0.05, 0.1) is 0 Å². The third kappa shape index (κ3) is 3.73. The molecule has 0 amide bonds. The van der Waals surface area contributed by atoms with E-state index in [1.165, 1.54) is 45.2 Å². The standard InChI is InChI=1S/C16H30N2/c1-5-7-9-12-15(17-4)16(3,6-2)18-13-10-8-11-14-18/h1,15,17H,6-14H2,2-4H3. The third-order valence-electron chi connectivity index (χ3n) is 4.71. The van der Waals surface area contributed by atoms with Gasteiger partial charge in [0, 0.05) is 18.0 Å². The Kier molecular flexibility index (Phi) is 6.75. The summed E-state index contributed by atoms with van der Waals surface area (Å²) in [5.74, 6) is 2.75. The molecular formula is C16H30N2. The molecule has 104 valence electrons. The molecule has 0 aromatic carbocycles. The van der Waals surface area contributed by atoms with Gasteiger partial charge in [-0.15, -0.1) is 12.3 Å². The van der Waals surface area contributed by atoms with Gasteiger partial charge in [0.1, 0.15) is 0 Å². The number of nitrogens with zero attached hydrogens (tertiary/aromatic N) is 1. The van der Waals surface area contributed by atoms with Gasteiger partial charge in [0.25, 0.3) is 0 Å². The molecule has 1 aliphatic rings. The summed E-state index contributed by atoms with van der Waals surface area (Å²) < 4.78 is 0. The maximum absolute atomic E-state index is 5.36. The van der Waals surface area contributed by atoms with E-state index in [1.807, 2.05) is 0 Å². The van der Waals surface area contributed by atoms with Gasteiger partial charge in [-0.25, -0.2) is 0 Å². The van der Waals surface area contributed by atoms with Crippen molar-refractivity contribution in [2.75, 3.05) is 20.1 Å². The summed E-state index contributed by atoms with van der Waals surface area (Å²) in [6.07, 6.45) is 13.9. The zero-order valence-electron chi connectivity index (χ0n) is 12.5. The average molecular weight is 250 g/mol. The monoisotopic (exact) mass is 250 g/mol. The number of unbranched alkanes of at least 4 members (excludes halogenated alkanes) is 1. The highest BCUT2D eigenvalue weighted by molar-refractivity contribution is 4.97. The minimum atomic E-state index is 0.282. The van der Waals surface area contributed by atoms with Crippen LogP contribution < -0.4 is 5.32 Å². The van der Waals surface area contributed by atoms with Crippen LogP contribution in [-0.2, 0) is 0 Å². The van der Waals surface area contributed by atoms with Gasteiger partial charge < -0.3 is 5.32 Å². The number of nitrogens with one attached hydrogen (secondary N) is 1. The minimum Gasteiger partial charge on any atom is -0.315 e. The Morgan fingerprint density at radius 3 is 2.50 bits per heavy atom. The molecule has 1 N–H and O–H groups in total. The number of hydrogen-bond donors (Lipinski definition) is 1. The summed E-state index contributed by atoms with van der Waals surface area (Å²) in [6.45, 7) is 7.27. The van der Waals surface area contributed by atoms with Gasteiger partial charge in [-0.3, -0.25) is 4.90 Å². The number of terminal acetylenes is 1. The molecule has 2 nitrogen and oxygen atoms in total. The Morgan fingerprint density at radius 1 is 1.33 bits per heavy atom. The molecule has 1 aliphatic heterocycles. The molecule has 0 bridgehead atoms. The smallest absolute Gasteiger partial charge is 0.0331 e. The first-order valence-corrected chi connectivity index (χ1v) is 7.54. The fourth-order valence-corrected chi connectivity index (χ4v) is 3.27. The van der Waals surface area contributed by atoms with E-state index in [-0.39, 0.29) is 5.54 Å². The molecular weight excluding hydrogens is 220 g/mol. The van der Waals surface area contributed by atoms with E-state index in [2.05, 4.69) is 37.0 Å². The van der Waals surface area contributed by atoms with Crippen molar-refractivity contribution in [1.29, 1.82) is 0 Å². The quantitative estimate of drug-likeness (QED) is 0.552. The van der Waals surface area contributed by atoms with Crippen LogP contribution in [0.5, 0.6) is 0 Å². The largest absolute Gasteiger partial charge is 0.315 e. The van der Waals surface area contributed by atoms with Gasteiger partial charge in [-0.05, 0) is 59.2 Å². The lowest BCUT2D eigenvalue weighted by molar-refractivity contribution is 0.0421. The molecule has 0 spiro atoms. The molecule has 18 heavy (non-hydrogen) atoms. The highest BCUT2D eigenvalue weighted by Gasteiger charge is 2.37. The van der Waals surface area contributed by atoms with Crippen LogP contribution in [0.3, 0.4) is 0 Å². The van der Waals surface area contributed by atoms with Crippen molar-refractivity contribution in [3.63, 3.8) is 0 Å². The van der Waals surface area contributed by atoms with Gasteiger partial charge in [-0.1, -0.05) is 13.3 Å². The maximum Gasteiger partial charge on any atom is 0.0331 e. The van der Waals surface area contributed by atoms with Gasteiger partial charge in [-0.2, -0.15) is 0 Å². The van der Waals surface area contributed by atoms with E-state index in [9.17, 15) is 0 Å². The average Bonchev–Trinajstić information content (AvgIpc) is 2.44. The van der Waals surface area contributed by atoms with Crippen LogP contribution in [0.1, 0.15) is 58.8 Å². The Balaban J connectivity index is 2.66. The van der Waals surface area contributed by atoms with Crippen LogP contribution >= 0.6 is 0 Å². The molecule has 2 heteroatoms. The highest BCUT2D eigenvalue weighted by Crippen LogP contribution is 2.29. The predicted molar refractivity (Wildman–Crippen MR) is 79.7 cm³/mol. The second-order valence-corrected chi connectivity index (χ2v) is 5.70. The number of hydrogen-bond acceptors (Lipinski definition) is 2. The SMILES string of the molecule is C#CCCCC(NC)C(C)(CC)N1CCCCC1. The first kappa shape index (κ1) is 15.5. The summed E-state index contributed by atoms with van der Waals surface area (Å²) in [6, 6.07) is 0.550. The molecule has 0 saturated carbocycles. The molecule has 1 saturated heterocycles. The molecule has 2 unspecified atom stereocenters. The molecule has 0 aromatic rings. The van der Waals surface area contributed by atoms with Gasteiger partial charge in [0.2, 0.25) is 0 Å². The zero-order valence-corrected chi connectivity index (χ0v) is 12.5. The van der Waals surface area contributed by atoms with Crippen molar-refractivity contribution >= 4 is 0 Å². The molecule has 1 rings (SSSR count). The minimum absolute atomic E-state index is 0.282. The van der Waals surface area contributed by atoms with E-state index >= 15 is 0 Å². The molecule has 1 heterocycles. The van der Waals surface area contributed by atoms with Crippen molar-refractivity contribution in [2.45, 2.75) is 70.4 Å². The summed E-state index contributed by atoms with van der Waals surface area (Å²) in [4.78, 5) is 2.70. The topological polar surface area (TPSA) is 15.3 Å². The normalized spacial score (nSPS) is 22.1. The Hall–Kier alpha value is -0.520. The number of likely N-dealkylation sites (N-methyl/N-ethyl adjacent to an activating group) is 1. The van der Waals surface area contributed by atoms with Crippen molar-refractivity contribution in [2.24, 2.45) is 0 Å². The first-order chi connectivity index (χ1) is 8.69. The van der Waals surface area contributed by atoms with E-state index in [0.717, 1.165) is 12.8 Å².